The standard InChI is InChI=1S/C22H26BrFN2O3/c1-4-11-25-22(28)16(3)26(13-17-7-5-6-8-20(17)24)21(27)14-29-18-9-10-19(23)15(2)12-18/h5-10,12,16H,4,11,13-14H2,1-3H3,(H,25,28). The van der Waals surface area contributed by atoms with E-state index in [1.807, 2.05) is 26.0 Å². The zero-order chi connectivity index (χ0) is 21.4. The first-order valence-electron chi connectivity index (χ1n) is 9.53. The van der Waals surface area contributed by atoms with Crippen LogP contribution in [0.1, 0.15) is 31.4 Å². The van der Waals surface area contributed by atoms with Crippen molar-refractivity contribution in [3.63, 3.8) is 0 Å². The predicted molar refractivity (Wildman–Crippen MR) is 114 cm³/mol. The summed E-state index contributed by atoms with van der Waals surface area (Å²) in [6.07, 6.45) is 0.783. The molecule has 0 aromatic heterocycles. The molecule has 7 heteroatoms. The monoisotopic (exact) mass is 464 g/mol. The lowest BCUT2D eigenvalue weighted by atomic mass is 10.1. The Bertz CT molecular complexity index is 860. The summed E-state index contributed by atoms with van der Waals surface area (Å²) >= 11 is 3.42. The molecule has 0 bridgehead atoms. The fourth-order valence-electron chi connectivity index (χ4n) is 2.72. The third kappa shape index (κ3) is 6.56. The molecule has 0 aliphatic carbocycles. The van der Waals surface area contributed by atoms with Crippen LogP contribution < -0.4 is 10.1 Å². The van der Waals surface area contributed by atoms with Gasteiger partial charge in [0.05, 0.1) is 0 Å². The molecule has 1 N–H and O–H groups in total. The van der Waals surface area contributed by atoms with Crippen molar-refractivity contribution in [1.29, 1.82) is 0 Å². The van der Waals surface area contributed by atoms with Crippen LogP contribution >= 0.6 is 15.9 Å². The third-order valence-corrected chi connectivity index (χ3v) is 5.40. The van der Waals surface area contributed by atoms with Gasteiger partial charge in [-0.25, -0.2) is 4.39 Å². The van der Waals surface area contributed by atoms with Gasteiger partial charge in [-0.2, -0.15) is 0 Å². The summed E-state index contributed by atoms with van der Waals surface area (Å²) in [4.78, 5) is 26.7. The molecule has 2 aromatic rings. The summed E-state index contributed by atoms with van der Waals surface area (Å²) in [5, 5.41) is 2.78. The average molecular weight is 465 g/mol. The topological polar surface area (TPSA) is 58.6 Å². The Balaban J connectivity index is 2.15. The molecular formula is C22H26BrFN2O3. The fraction of sp³-hybridized carbons (Fsp3) is 0.364. The number of hydrogen-bond acceptors (Lipinski definition) is 3. The molecule has 1 unspecified atom stereocenters. The summed E-state index contributed by atoms with van der Waals surface area (Å²) in [6, 6.07) is 10.9. The molecule has 2 amide bonds. The number of nitrogens with one attached hydrogen (secondary N) is 1. The van der Waals surface area contributed by atoms with Crippen LogP contribution in [0.25, 0.3) is 0 Å². The van der Waals surface area contributed by atoms with Crippen LogP contribution in [0.15, 0.2) is 46.9 Å². The molecule has 2 aromatic carbocycles. The lowest BCUT2D eigenvalue weighted by Crippen LogP contribution is -2.49. The number of hydrogen-bond donors (Lipinski definition) is 1. The van der Waals surface area contributed by atoms with E-state index in [-0.39, 0.29) is 19.1 Å². The Morgan fingerprint density at radius 2 is 1.97 bits per heavy atom. The van der Waals surface area contributed by atoms with E-state index in [1.165, 1.54) is 11.0 Å². The lowest BCUT2D eigenvalue weighted by molar-refractivity contribution is -0.142. The molecule has 0 fully saturated rings. The zero-order valence-corrected chi connectivity index (χ0v) is 18.5. The van der Waals surface area contributed by atoms with Crippen LogP contribution in [-0.2, 0) is 16.1 Å². The van der Waals surface area contributed by atoms with Crippen molar-refractivity contribution in [2.24, 2.45) is 0 Å². The number of amides is 2. The van der Waals surface area contributed by atoms with Gasteiger partial charge in [0.2, 0.25) is 5.91 Å². The van der Waals surface area contributed by atoms with E-state index in [0.29, 0.717) is 17.9 Å². The number of rotatable bonds is 9. The summed E-state index contributed by atoms with van der Waals surface area (Å²) < 4.78 is 20.7. The molecule has 0 saturated heterocycles. The Kier molecular flexibility index (Phi) is 8.64. The van der Waals surface area contributed by atoms with Crippen molar-refractivity contribution >= 4 is 27.7 Å². The molecule has 29 heavy (non-hydrogen) atoms. The lowest BCUT2D eigenvalue weighted by Gasteiger charge is -2.29. The number of carbonyl (C=O) groups is 2. The second-order valence-corrected chi connectivity index (χ2v) is 7.63. The maximum absolute atomic E-state index is 14.1. The van der Waals surface area contributed by atoms with Crippen LogP contribution in [-0.4, -0.2) is 35.9 Å². The van der Waals surface area contributed by atoms with Crippen LogP contribution in [0.5, 0.6) is 5.75 Å². The molecule has 1 atom stereocenters. The largest absolute Gasteiger partial charge is 0.484 e. The molecule has 0 heterocycles. The van der Waals surface area contributed by atoms with Gasteiger partial charge in [-0.3, -0.25) is 9.59 Å². The SMILES string of the molecule is CCCNC(=O)C(C)N(Cc1ccccc1F)C(=O)COc1ccc(Br)c(C)c1. The fourth-order valence-corrected chi connectivity index (χ4v) is 2.97. The average Bonchev–Trinajstić information content (AvgIpc) is 2.71. The van der Waals surface area contributed by atoms with Gasteiger partial charge in [0, 0.05) is 23.1 Å². The van der Waals surface area contributed by atoms with Gasteiger partial charge < -0.3 is 15.0 Å². The number of ether oxygens (including phenoxy) is 1. The van der Waals surface area contributed by atoms with Gasteiger partial charge in [-0.15, -0.1) is 0 Å². The summed E-state index contributed by atoms with van der Waals surface area (Å²) in [5.74, 6) is -0.548. The van der Waals surface area contributed by atoms with Crippen molar-refractivity contribution in [1.82, 2.24) is 10.2 Å². The van der Waals surface area contributed by atoms with Crippen molar-refractivity contribution in [3.05, 3.63) is 63.9 Å². The molecule has 5 nitrogen and oxygen atoms in total. The van der Waals surface area contributed by atoms with Crippen LogP contribution in [0, 0.1) is 12.7 Å². The van der Waals surface area contributed by atoms with E-state index < -0.39 is 17.8 Å². The minimum Gasteiger partial charge on any atom is -0.484 e. The van der Waals surface area contributed by atoms with E-state index in [9.17, 15) is 14.0 Å². The molecule has 2 rings (SSSR count). The second-order valence-electron chi connectivity index (χ2n) is 6.78. The molecule has 0 spiro atoms. The normalized spacial score (nSPS) is 11.6. The summed E-state index contributed by atoms with van der Waals surface area (Å²) in [7, 11) is 0. The van der Waals surface area contributed by atoms with Crippen LogP contribution in [0.4, 0.5) is 4.39 Å². The Morgan fingerprint density at radius 1 is 1.24 bits per heavy atom. The number of halogens is 2. The maximum Gasteiger partial charge on any atom is 0.261 e. The van der Waals surface area contributed by atoms with Gasteiger partial charge in [0.15, 0.2) is 6.61 Å². The van der Waals surface area contributed by atoms with E-state index >= 15 is 0 Å². The smallest absolute Gasteiger partial charge is 0.261 e. The first kappa shape index (κ1) is 22.9. The molecule has 0 aliphatic heterocycles. The van der Waals surface area contributed by atoms with Gasteiger partial charge in [0.1, 0.15) is 17.6 Å². The highest BCUT2D eigenvalue weighted by Gasteiger charge is 2.27. The Labute approximate surface area is 179 Å². The van der Waals surface area contributed by atoms with E-state index in [4.69, 9.17) is 4.74 Å². The van der Waals surface area contributed by atoms with Crippen molar-refractivity contribution < 1.29 is 18.7 Å². The third-order valence-electron chi connectivity index (χ3n) is 4.51. The Hall–Kier alpha value is -2.41. The number of aryl methyl sites for hydroxylation is 1. The van der Waals surface area contributed by atoms with E-state index in [0.717, 1.165) is 16.5 Å². The highest BCUT2D eigenvalue weighted by Crippen LogP contribution is 2.22. The molecular weight excluding hydrogens is 439 g/mol. The quantitative estimate of drug-likeness (QED) is 0.604. The van der Waals surface area contributed by atoms with Crippen LogP contribution in [0.2, 0.25) is 0 Å². The number of benzene rings is 2. The van der Waals surface area contributed by atoms with Crippen molar-refractivity contribution in [3.8, 4) is 5.75 Å². The summed E-state index contributed by atoms with van der Waals surface area (Å²) in [5.41, 5.74) is 1.32. The van der Waals surface area contributed by atoms with Gasteiger partial charge in [-0.1, -0.05) is 41.1 Å². The number of nitrogens with zero attached hydrogens (tertiary/aromatic N) is 1. The number of carbonyl (C=O) groups excluding carboxylic acids is 2. The molecule has 156 valence electrons. The minimum atomic E-state index is -0.760. The van der Waals surface area contributed by atoms with E-state index in [2.05, 4.69) is 21.2 Å². The van der Waals surface area contributed by atoms with Gasteiger partial charge >= 0.3 is 0 Å². The van der Waals surface area contributed by atoms with E-state index in [1.54, 1.807) is 31.2 Å². The highest BCUT2D eigenvalue weighted by atomic mass is 79.9. The highest BCUT2D eigenvalue weighted by molar-refractivity contribution is 9.10. The molecule has 0 radical (unpaired) electrons. The van der Waals surface area contributed by atoms with Gasteiger partial charge in [-0.05, 0) is 50.1 Å². The first-order chi connectivity index (χ1) is 13.8. The van der Waals surface area contributed by atoms with Crippen LogP contribution in [0.3, 0.4) is 0 Å². The minimum absolute atomic E-state index is 0.0189. The zero-order valence-electron chi connectivity index (χ0n) is 16.9. The summed E-state index contributed by atoms with van der Waals surface area (Å²) in [6.45, 7) is 5.74. The maximum atomic E-state index is 14.1. The first-order valence-corrected chi connectivity index (χ1v) is 10.3. The van der Waals surface area contributed by atoms with Crippen molar-refractivity contribution in [2.45, 2.75) is 39.8 Å². The second kappa shape index (κ2) is 11.0. The van der Waals surface area contributed by atoms with Gasteiger partial charge in [0.25, 0.3) is 5.91 Å². The Morgan fingerprint density at radius 3 is 2.62 bits per heavy atom. The predicted octanol–water partition coefficient (Wildman–Crippen LogP) is 4.22. The molecule has 0 aliphatic rings. The van der Waals surface area contributed by atoms with Crippen molar-refractivity contribution in [2.75, 3.05) is 13.2 Å². The molecule has 0 saturated carbocycles.